The van der Waals surface area contributed by atoms with E-state index in [0.717, 1.165) is 36.3 Å². The van der Waals surface area contributed by atoms with Crippen LogP contribution in [0.3, 0.4) is 0 Å². The van der Waals surface area contributed by atoms with E-state index in [1.54, 1.807) is 7.11 Å². The molecule has 1 rings (SSSR count). The largest absolute Gasteiger partial charge is 0.392 e. The van der Waals surface area contributed by atoms with Gasteiger partial charge in [0, 0.05) is 18.4 Å². The van der Waals surface area contributed by atoms with Gasteiger partial charge in [0.15, 0.2) is 0 Å². The lowest BCUT2D eigenvalue weighted by molar-refractivity contribution is 0.182. The number of hydrogen-bond donors (Lipinski definition) is 1. The third-order valence-corrected chi connectivity index (χ3v) is 2.58. The molecule has 4 nitrogen and oxygen atoms in total. The summed E-state index contributed by atoms with van der Waals surface area (Å²) in [4.78, 5) is 0. The van der Waals surface area contributed by atoms with E-state index in [4.69, 9.17) is 4.74 Å². The predicted molar refractivity (Wildman–Crippen MR) is 58.8 cm³/mol. The standard InChI is InChI=1S/C11H20N2O2/c1-4-10-9(8-14)11(5-2)13(12-10)6-7-15-3/h14H,4-8H2,1-3H3. The Kier molecular flexibility index (Phi) is 4.78. The molecule has 0 fully saturated rings. The third kappa shape index (κ3) is 2.58. The summed E-state index contributed by atoms with van der Waals surface area (Å²) >= 11 is 0. The second kappa shape index (κ2) is 5.88. The highest BCUT2D eigenvalue weighted by Gasteiger charge is 2.13. The van der Waals surface area contributed by atoms with Gasteiger partial charge in [0.2, 0.25) is 0 Å². The lowest BCUT2D eigenvalue weighted by Crippen LogP contribution is -2.09. The molecule has 0 radical (unpaired) electrons. The predicted octanol–water partition coefficient (Wildman–Crippen LogP) is 1.15. The molecule has 1 aromatic rings. The Morgan fingerprint density at radius 2 is 2.07 bits per heavy atom. The van der Waals surface area contributed by atoms with Crippen LogP contribution < -0.4 is 0 Å². The average Bonchev–Trinajstić information content (AvgIpc) is 2.62. The Morgan fingerprint density at radius 1 is 1.33 bits per heavy atom. The molecule has 1 N–H and O–H groups in total. The second-order valence-corrected chi connectivity index (χ2v) is 3.45. The normalized spacial score (nSPS) is 10.9. The van der Waals surface area contributed by atoms with Gasteiger partial charge in [0.05, 0.1) is 25.5 Å². The van der Waals surface area contributed by atoms with Crippen LogP contribution in [0.4, 0.5) is 0 Å². The molecule has 0 aliphatic carbocycles. The van der Waals surface area contributed by atoms with Crippen LogP contribution in [0.5, 0.6) is 0 Å². The first-order valence-corrected chi connectivity index (χ1v) is 5.45. The van der Waals surface area contributed by atoms with Crippen LogP contribution in [0.25, 0.3) is 0 Å². The smallest absolute Gasteiger partial charge is 0.0718 e. The number of aliphatic hydroxyl groups is 1. The molecule has 86 valence electrons. The number of aliphatic hydroxyl groups excluding tert-OH is 1. The van der Waals surface area contributed by atoms with Crippen molar-refractivity contribution in [2.45, 2.75) is 39.8 Å². The van der Waals surface area contributed by atoms with Crippen molar-refractivity contribution in [3.8, 4) is 0 Å². The molecular weight excluding hydrogens is 192 g/mol. The summed E-state index contributed by atoms with van der Waals surface area (Å²) in [6.45, 7) is 5.63. The summed E-state index contributed by atoms with van der Waals surface area (Å²) in [6, 6.07) is 0. The first kappa shape index (κ1) is 12.2. The minimum absolute atomic E-state index is 0.0827. The Balaban J connectivity index is 2.98. The van der Waals surface area contributed by atoms with Gasteiger partial charge >= 0.3 is 0 Å². The zero-order valence-electron chi connectivity index (χ0n) is 9.79. The number of methoxy groups -OCH3 is 1. The number of aromatic nitrogens is 2. The molecule has 0 saturated heterocycles. The fourth-order valence-electron chi connectivity index (χ4n) is 1.81. The van der Waals surface area contributed by atoms with Crippen molar-refractivity contribution >= 4 is 0 Å². The average molecular weight is 212 g/mol. The monoisotopic (exact) mass is 212 g/mol. The highest BCUT2D eigenvalue weighted by Crippen LogP contribution is 2.16. The van der Waals surface area contributed by atoms with E-state index < -0.39 is 0 Å². The maximum Gasteiger partial charge on any atom is 0.0718 e. The summed E-state index contributed by atoms with van der Waals surface area (Å²) < 4.78 is 6.99. The van der Waals surface area contributed by atoms with Gasteiger partial charge in [-0.3, -0.25) is 4.68 Å². The summed E-state index contributed by atoms with van der Waals surface area (Å²) in [7, 11) is 1.68. The van der Waals surface area contributed by atoms with E-state index in [-0.39, 0.29) is 6.61 Å². The SMILES string of the molecule is CCc1nn(CCOC)c(CC)c1CO. The van der Waals surface area contributed by atoms with Gasteiger partial charge in [-0.05, 0) is 12.8 Å². The molecule has 0 aromatic carbocycles. The van der Waals surface area contributed by atoms with E-state index in [2.05, 4.69) is 18.9 Å². The van der Waals surface area contributed by atoms with Crippen LogP contribution in [0.1, 0.15) is 30.8 Å². The minimum Gasteiger partial charge on any atom is -0.392 e. The van der Waals surface area contributed by atoms with Crippen LogP contribution in [-0.2, 0) is 30.7 Å². The number of ether oxygens (including phenoxy) is 1. The molecule has 0 unspecified atom stereocenters. The van der Waals surface area contributed by atoms with Crippen molar-refractivity contribution < 1.29 is 9.84 Å². The summed E-state index contributed by atoms with van der Waals surface area (Å²) in [5, 5.41) is 13.8. The van der Waals surface area contributed by atoms with Crippen molar-refractivity contribution in [1.82, 2.24) is 9.78 Å². The van der Waals surface area contributed by atoms with Gasteiger partial charge in [-0.2, -0.15) is 5.10 Å². The zero-order valence-corrected chi connectivity index (χ0v) is 9.79. The summed E-state index contributed by atoms with van der Waals surface area (Å²) in [6.07, 6.45) is 1.76. The lowest BCUT2D eigenvalue weighted by Gasteiger charge is -2.05. The first-order chi connectivity index (χ1) is 7.28. The van der Waals surface area contributed by atoms with E-state index in [0.29, 0.717) is 6.61 Å². The van der Waals surface area contributed by atoms with Crippen LogP contribution in [-0.4, -0.2) is 28.6 Å². The van der Waals surface area contributed by atoms with Crippen LogP contribution in [0.15, 0.2) is 0 Å². The number of rotatable bonds is 6. The van der Waals surface area contributed by atoms with E-state index >= 15 is 0 Å². The highest BCUT2D eigenvalue weighted by molar-refractivity contribution is 5.25. The van der Waals surface area contributed by atoms with Gasteiger partial charge in [0.1, 0.15) is 0 Å². The second-order valence-electron chi connectivity index (χ2n) is 3.45. The van der Waals surface area contributed by atoms with E-state index in [9.17, 15) is 5.11 Å². The van der Waals surface area contributed by atoms with Crippen molar-refractivity contribution in [2.24, 2.45) is 0 Å². The third-order valence-electron chi connectivity index (χ3n) is 2.58. The molecule has 0 amide bonds. The Labute approximate surface area is 90.9 Å². The maximum absolute atomic E-state index is 9.32. The Morgan fingerprint density at radius 3 is 2.53 bits per heavy atom. The minimum atomic E-state index is 0.0827. The molecule has 1 heterocycles. The van der Waals surface area contributed by atoms with Gasteiger partial charge < -0.3 is 9.84 Å². The molecule has 0 aliphatic rings. The quantitative estimate of drug-likeness (QED) is 0.769. The number of nitrogens with zero attached hydrogens (tertiary/aromatic N) is 2. The lowest BCUT2D eigenvalue weighted by atomic mass is 10.1. The summed E-state index contributed by atoms with van der Waals surface area (Å²) in [5.41, 5.74) is 3.13. The Bertz CT molecular complexity index is 308. The number of hydrogen-bond acceptors (Lipinski definition) is 3. The summed E-state index contributed by atoms with van der Waals surface area (Å²) in [5.74, 6) is 0. The van der Waals surface area contributed by atoms with Gasteiger partial charge in [0.25, 0.3) is 0 Å². The fourth-order valence-corrected chi connectivity index (χ4v) is 1.81. The van der Waals surface area contributed by atoms with Gasteiger partial charge in [-0.15, -0.1) is 0 Å². The van der Waals surface area contributed by atoms with E-state index in [1.807, 2.05) is 4.68 Å². The van der Waals surface area contributed by atoms with Crippen molar-refractivity contribution in [2.75, 3.05) is 13.7 Å². The molecule has 4 heteroatoms. The van der Waals surface area contributed by atoms with Crippen LogP contribution >= 0.6 is 0 Å². The molecular formula is C11H20N2O2. The van der Waals surface area contributed by atoms with Crippen LogP contribution in [0, 0.1) is 0 Å². The van der Waals surface area contributed by atoms with Crippen molar-refractivity contribution in [3.05, 3.63) is 17.0 Å². The highest BCUT2D eigenvalue weighted by atomic mass is 16.5. The van der Waals surface area contributed by atoms with Gasteiger partial charge in [-0.25, -0.2) is 0 Å². The van der Waals surface area contributed by atoms with Crippen LogP contribution in [0.2, 0.25) is 0 Å². The number of aryl methyl sites for hydroxylation is 1. The zero-order chi connectivity index (χ0) is 11.3. The van der Waals surface area contributed by atoms with Crippen molar-refractivity contribution in [3.63, 3.8) is 0 Å². The van der Waals surface area contributed by atoms with E-state index in [1.165, 1.54) is 0 Å². The first-order valence-electron chi connectivity index (χ1n) is 5.45. The topological polar surface area (TPSA) is 47.3 Å². The molecule has 0 atom stereocenters. The molecule has 0 spiro atoms. The van der Waals surface area contributed by atoms with Crippen molar-refractivity contribution in [1.29, 1.82) is 0 Å². The van der Waals surface area contributed by atoms with Gasteiger partial charge in [-0.1, -0.05) is 13.8 Å². The molecule has 0 saturated carbocycles. The Hall–Kier alpha value is -0.870. The fraction of sp³-hybridized carbons (Fsp3) is 0.727. The molecule has 0 bridgehead atoms. The molecule has 0 aliphatic heterocycles. The molecule has 1 aromatic heterocycles. The molecule has 15 heavy (non-hydrogen) atoms. The maximum atomic E-state index is 9.32.